The van der Waals surface area contributed by atoms with Gasteiger partial charge in [0.05, 0.1) is 12.9 Å². The van der Waals surface area contributed by atoms with Crippen LogP contribution in [0.25, 0.3) is 0 Å². The summed E-state index contributed by atoms with van der Waals surface area (Å²) in [5, 5.41) is 2.94. The second-order valence-electron chi connectivity index (χ2n) is 4.03. The number of hydrogen-bond acceptors (Lipinski definition) is 4. The van der Waals surface area contributed by atoms with Gasteiger partial charge in [0.15, 0.2) is 0 Å². The minimum Gasteiger partial charge on any atom is -0.497 e. The zero-order valence-electron chi connectivity index (χ0n) is 9.73. The SMILES string of the molecule is COc1ccc(N)c(SCC(=O)NC2CC2)c1. The van der Waals surface area contributed by atoms with E-state index in [1.165, 1.54) is 11.8 Å². The molecule has 0 unspecified atom stereocenters. The summed E-state index contributed by atoms with van der Waals surface area (Å²) in [5.41, 5.74) is 6.51. The molecule has 0 aromatic heterocycles. The Bertz CT molecular complexity index is 419. The molecule has 1 aliphatic carbocycles. The zero-order valence-corrected chi connectivity index (χ0v) is 10.5. The number of carbonyl (C=O) groups excluding carboxylic acids is 1. The number of hydrogen-bond donors (Lipinski definition) is 2. The van der Waals surface area contributed by atoms with Gasteiger partial charge in [-0.15, -0.1) is 11.8 Å². The molecular formula is C12H16N2O2S. The molecule has 5 heteroatoms. The van der Waals surface area contributed by atoms with Crippen LogP contribution in [0.15, 0.2) is 23.1 Å². The molecule has 4 nitrogen and oxygen atoms in total. The van der Waals surface area contributed by atoms with Crippen molar-refractivity contribution < 1.29 is 9.53 Å². The molecule has 0 heterocycles. The summed E-state index contributed by atoms with van der Waals surface area (Å²) in [6.45, 7) is 0. The van der Waals surface area contributed by atoms with E-state index >= 15 is 0 Å². The summed E-state index contributed by atoms with van der Waals surface area (Å²) in [6, 6.07) is 5.86. The van der Waals surface area contributed by atoms with Gasteiger partial charge in [-0.05, 0) is 31.0 Å². The Morgan fingerprint density at radius 3 is 3.00 bits per heavy atom. The number of methoxy groups -OCH3 is 1. The van der Waals surface area contributed by atoms with Crippen molar-refractivity contribution in [3.8, 4) is 5.75 Å². The van der Waals surface area contributed by atoms with E-state index < -0.39 is 0 Å². The van der Waals surface area contributed by atoms with Gasteiger partial charge in [0.1, 0.15) is 5.75 Å². The Kier molecular flexibility index (Phi) is 3.78. The lowest BCUT2D eigenvalue weighted by molar-refractivity contribution is -0.118. The van der Waals surface area contributed by atoms with Crippen molar-refractivity contribution in [2.75, 3.05) is 18.6 Å². The molecule has 0 radical (unpaired) electrons. The van der Waals surface area contributed by atoms with Gasteiger partial charge in [-0.1, -0.05) is 0 Å². The minimum atomic E-state index is 0.0692. The van der Waals surface area contributed by atoms with Crippen LogP contribution >= 0.6 is 11.8 Å². The smallest absolute Gasteiger partial charge is 0.230 e. The fraction of sp³-hybridized carbons (Fsp3) is 0.417. The molecule has 0 aliphatic heterocycles. The zero-order chi connectivity index (χ0) is 12.3. The highest BCUT2D eigenvalue weighted by molar-refractivity contribution is 8.00. The van der Waals surface area contributed by atoms with E-state index in [1.807, 2.05) is 12.1 Å². The largest absolute Gasteiger partial charge is 0.497 e. The number of rotatable bonds is 5. The number of ether oxygens (including phenoxy) is 1. The van der Waals surface area contributed by atoms with Gasteiger partial charge in [-0.3, -0.25) is 4.79 Å². The fourth-order valence-corrected chi connectivity index (χ4v) is 2.21. The maximum absolute atomic E-state index is 11.5. The van der Waals surface area contributed by atoms with E-state index in [4.69, 9.17) is 10.5 Å². The Balaban J connectivity index is 1.90. The number of nitrogen functional groups attached to an aromatic ring is 1. The number of nitrogens with one attached hydrogen (secondary N) is 1. The van der Waals surface area contributed by atoms with Crippen LogP contribution < -0.4 is 15.8 Å². The molecule has 1 fully saturated rings. The number of benzene rings is 1. The van der Waals surface area contributed by atoms with E-state index in [9.17, 15) is 4.79 Å². The summed E-state index contributed by atoms with van der Waals surface area (Å²) < 4.78 is 5.12. The lowest BCUT2D eigenvalue weighted by Gasteiger charge is -2.08. The van der Waals surface area contributed by atoms with Gasteiger partial charge in [-0.25, -0.2) is 0 Å². The third-order valence-corrected chi connectivity index (χ3v) is 3.59. The lowest BCUT2D eigenvalue weighted by atomic mass is 10.3. The Morgan fingerprint density at radius 1 is 1.59 bits per heavy atom. The third-order valence-electron chi connectivity index (χ3n) is 2.52. The molecule has 1 amide bonds. The van der Waals surface area contributed by atoms with E-state index in [0.717, 1.165) is 23.5 Å². The van der Waals surface area contributed by atoms with Crippen LogP contribution in [0, 0.1) is 0 Å². The van der Waals surface area contributed by atoms with E-state index in [1.54, 1.807) is 13.2 Å². The van der Waals surface area contributed by atoms with Gasteiger partial charge in [0, 0.05) is 16.6 Å². The molecule has 1 aromatic rings. The third kappa shape index (κ3) is 3.56. The summed E-state index contributed by atoms with van der Waals surface area (Å²) >= 11 is 1.44. The highest BCUT2D eigenvalue weighted by Gasteiger charge is 2.23. The molecule has 3 N–H and O–H groups in total. The maximum Gasteiger partial charge on any atom is 0.230 e. The first-order valence-corrected chi connectivity index (χ1v) is 6.53. The van der Waals surface area contributed by atoms with Crippen molar-refractivity contribution in [2.24, 2.45) is 0 Å². The molecule has 92 valence electrons. The Hall–Kier alpha value is -1.36. The van der Waals surface area contributed by atoms with Crippen LogP contribution in [0.2, 0.25) is 0 Å². The predicted molar refractivity (Wildman–Crippen MR) is 69.3 cm³/mol. The Labute approximate surface area is 105 Å². The van der Waals surface area contributed by atoms with Crippen molar-refractivity contribution in [1.29, 1.82) is 0 Å². The first-order valence-electron chi connectivity index (χ1n) is 5.54. The molecule has 1 saturated carbocycles. The molecule has 0 saturated heterocycles. The number of anilines is 1. The monoisotopic (exact) mass is 252 g/mol. The van der Waals surface area contributed by atoms with Crippen LogP contribution in [0.3, 0.4) is 0 Å². The van der Waals surface area contributed by atoms with Crippen molar-refractivity contribution >= 4 is 23.4 Å². The summed E-state index contributed by atoms with van der Waals surface area (Å²) in [4.78, 5) is 12.4. The van der Waals surface area contributed by atoms with E-state index in [0.29, 0.717) is 17.5 Å². The van der Waals surface area contributed by atoms with Crippen molar-refractivity contribution in [3.63, 3.8) is 0 Å². The molecular weight excluding hydrogens is 236 g/mol. The van der Waals surface area contributed by atoms with Crippen molar-refractivity contribution in [2.45, 2.75) is 23.8 Å². The van der Waals surface area contributed by atoms with Crippen molar-refractivity contribution in [3.05, 3.63) is 18.2 Å². The molecule has 2 rings (SSSR count). The Morgan fingerprint density at radius 2 is 2.35 bits per heavy atom. The highest BCUT2D eigenvalue weighted by atomic mass is 32.2. The maximum atomic E-state index is 11.5. The topological polar surface area (TPSA) is 64.3 Å². The standard InChI is InChI=1S/C12H16N2O2S/c1-16-9-4-5-10(13)11(6-9)17-7-12(15)14-8-2-3-8/h4-6,8H,2-3,7,13H2,1H3,(H,14,15). The second kappa shape index (κ2) is 5.31. The van der Waals surface area contributed by atoms with Gasteiger partial charge in [0.2, 0.25) is 5.91 Å². The van der Waals surface area contributed by atoms with Gasteiger partial charge >= 0.3 is 0 Å². The molecule has 1 aromatic carbocycles. The van der Waals surface area contributed by atoms with E-state index in [-0.39, 0.29) is 5.91 Å². The quantitative estimate of drug-likeness (QED) is 0.618. The summed E-state index contributed by atoms with van der Waals surface area (Å²) in [6.07, 6.45) is 2.22. The number of thioether (sulfide) groups is 1. The first kappa shape index (κ1) is 12.1. The highest BCUT2D eigenvalue weighted by Crippen LogP contribution is 2.29. The summed E-state index contributed by atoms with van der Waals surface area (Å²) in [5.74, 6) is 1.22. The molecule has 0 bridgehead atoms. The van der Waals surface area contributed by atoms with Crippen molar-refractivity contribution in [1.82, 2.24) is 5.32 Å². The number of carbonyl (C=O) groups is 1. The van der Waals surface area contributed by atoms with Gasteiger partial charge in [0.25, 0.3) is 0 Å². The van der Waals surface area contributed by atoms with Gasteiger partial charge in [-0.2, -0.15) is 0 Å². The molecule has 0 spiro atoms. The van der Waals surface area contributed by atoms with Crippen LogP contribution in [-0.4, -0.2) is 24.8 Å². The molecule has 0 atom stereocenters. The van der Waals surface area contributed by atoms with Crippen LogP contribution in [0.5, 0.6) is 5.75 Å². The van der Waals surface area contributed by atoms with Crippen LogP contribution in [0.4, 0.5) is 5.69 Å². The minimum absolute atomic E-state index is 0.0692. The fourth-order valence-electron chi connectivity index (χ4n) is 1.41. The second-order valence-corrected chi connectivity index (χ2v) is 5.05. The first-order chi connectivity index (χ1) is 8.19. The van der Waals surface area contributed by atoms with Gasteiger partial charge < -0.3 is 15.8 Å². The normalized spacial score (nSPS) is 14.4. The van der Waals surface area contributed by atoms with E-state index in [2.05, 4.69) is 5.32 Å². The average molecular weight is 252 g/mol. The average Bonchev–Trinajstić information content (AvgIpc) is 3.12. The lowest BCUT2D eigenvalue weighted by Crippen LogP contribution is -2.27. The van der Waals surface area contributed by atoms with Crippen LogP contribution in [0.1, 0.15) is 12.8 Å². The molecule has 1 aliphatic rings. The van der Waals surface area contributed by atoms with Crippen LogP contribution in [-0.2, 0) is 4.79 Å². The number of amides is 1. The molecule has 17 heavy (non-hydrogen) atoms. The number of nitrogens with two attached hydrogens (primary N) is 1. The predicted octanol–water partition coefficient (Wildman–Crippen LogP) is 1.65. The summed E-state index contributed by atoms with van der Waals surface area (Å²) in [7, 11) is 1.61.